The third kappa shape index (κ3) is 6.59. The Morgan fingerprint density at radius 1 is 1.00 bits per heavy atom. The molecule has 2 N–H and O–H groups in total. The molecule has 2 aromatic carbocycles. The maximum atomic E-state index is 9.59. The van der Waals surface area contributed by atoms with Gasteiger partial charge in [0.15, 0.2) is 0 Å². The molecule has 3 heteroatoms. The van der Waals surface area contributed by atoms with E-state index in [4.69, 9.17) is 0 Å². The van der Waals surface area contributed by atoms with E-state index >= 15 is 0 Å². The summed E-state index contributed by atoms with van der Waals surface area (Å²) in [5, 5.41) is 19.0. The van der Waals surface area contributed by atoms with Crippen molar-refractivity contribution in [1.82, 2.24) is 4.90 Å². The Labute approximate surface area is 205 Å². The number of hydrogen-bond acceptors (Lipinski definition) is 3. The van der Waals surface area contributed by atoms with E-state index in [-0.39, 0.29) is 13.2 Å². The second-order valence-electron chi connectivity index (χ2n) is 8.99. The lowest BCUT2D eigenvalue weighted by Crippen LogP contribution is -2.31. The second-order valence-corrected chi connectivity index (χ2v) is 8.99. The highest BCUT2D eigenvalue weighted by Crippen LogP contribution is 2.37. The van der Waals surface area contributed by atoms with E-state index in [2.05, 4.69) is 73.0 Å². The average molecular weight is 458 g/mol. The predicted octanol–water partition coefficient (Wildman–Crippen LogP) is 6.58. The van der Waals surface area contributed by atoms with Crippen LogP contribution in [0.5, 0.6) is 0 Å². The zero-order valence-electron chi connectivity index (χ0n) is 20.7. The van der Waals surface area contributed by atoms with Crippen molar-refractivity contribution in [2.45, 2.75) is 45.4 Å². The lowest BCUT2D eigenvalue weighted by Gasteiger charge is -2.34. The molecule has 0 atom stereocenters. The fourth-order valence-electron chi connectivity index (χ4n) is 4.84. The summed E-state index contributed by atoms with van der Waals surface area (Å²) >= 11 is 0. The molecule has 0 aliphatic carbocycles. The zero-order chi connectivity index (χ0) is 24.3. The number of aliphatic hydroxyl groups excluding tert-OH is 2. The topological polar surface area (TPSA) is 43.7 Å². The van der Waals surface area contributed by atoms with Crippen molar-refractivity contribution in [2.75, 3.05) is 26.3 Å². The largest absolute Gasteiger partial charge is 0.396 e. The molecule has 1 aliphatic heterocycles. The van der Waals surface area contributed by atoms with Gasteiger partial charge in [-0.25, -0.2) is 0 Å². The van der Waals surface area contributed by atoms with Crippen LogP contribution in [0, 0.1) is 0 Å². The number of hydrogen-bond donors (Lipinski definition) is 2. The molecule has 1 saturated heterocycles. The van der Waals surface area contributed by atoms with Gasteiger partial charge < -0.3 is 15.1 Å². The minimum Gasteiger partial charge on any atom is -0.396 e. The quantitative estimate of drug-likeness (QED) is 0.313. The van der Waals surface area contributed by atoms with Gasteiger partial charge in [0.25, 0.3) is 0 Å². The van der Waals surface area contributed by atoms with Crippen LogP contribution >= 0.6 is 0 Å². The summed E-state index contributed by atoms with van der Waals surface area (Å²) < 4.78 is 0. The highest BCUT2D eigenvalue weighted by molar-refractivity contribution is 5.99. The maximum absolute atomic E-state index is 9.59. The van der Waals surface area contributed by atoms with Crippen LogP contribution < -0.4 is 0 Å². The minimum absolute atomic E-state index is 0.00372. The van der Waals surface area contributed by atoms with E-state index in [0.717, 1.165) is 54.8 Å². The molecule has 0 aromatic heterocycles. The molecule has 2 aromatic rings. The van der Waals surface area contributed by atoms with E-state index in [0.29, 0.717) is 12.3 Å². The first-order chi connectivity index (χ1) is 16.6. The Morgan fingerprint density at radius 2 is 1.68 bits per heavy atom. The highest BCUT2D eigenvalue weighted by atomic mass is 16.3. The molecular formula is C31H39NO2. The van der Waals surface area contributed by atoms with Crippen molar-refractivity contribution in [3.05, 3.63) is 107 Å². The molecule has 0 spiro atoms. The van der Waals surface area contributed by atoms with E-state index in [1.807, 2.05) is 19.1 Å². The van der Waals surface area contributed by atoms with Crippen LogP contribution in [0.4, 0.5) is 0 Å². The van der Waals surface area contributed by atoms with E-state index in [9.17, 15) is 10.2 Å². The molecule has 0 unspecified atom stereocenters. The lowest BCUT2D eigenvalue weighted by atomic mass is 9.84. The maximum Gasteiger partial charge on any atom is 0.0615 e. The van der Waals surface area contributed by atoms with E-state index in [1.54, 1.807) is 6.08 Å². The van der Waals surface area contributed by atoms with Crippen LogP contribution in [0.25, 0.3) is 11.1 Å². The predicted molar refractivity (Wildman–Crippen MR) is 144 cm³/mol. The minimum atomic E-state index is 0.00372. The monoisotopic (exact) mass is 457 g/mol. The smallest absolute Gasteiger partial charge is 0.0615 e. The number of benzene rings is 2. The molecule has 1 fully saturated rings. The summed E-state index contributed by atoms with van der Waals surface area (Å²) in [5.74, 6) is 0.579. The van der Waals surface area contributed by atoms with Gasteiger partial charge in [0.05, 0.1) is 6.61 Å². The fraction of sp³-hybridized carbons (Fsp3) is 0.355. The molecule has 0 bridgehead atoms. The van der Waals surface area contributed by atoms with Crippen molar-refractivity contribution >= 4 is 11.1 Å². The first-order valence-corrected chi connectivity index (χ1v) is 12.4. The molecule has 3 nitrogen and oxygen atoms in total. The molecule has 3 rings (SSSR count). The van der Waals surface area contributed by atoms with Crippen molar-refractivity contribution in [2.24, 2.45) is 0 Å². The highest BCUT2D eigenvalue weighted by Gasteiger charge is 2.21. The summed E-state index contributed by atoms with van der Waals surface area (Å²) in [4.78, 5) is 2.38. The molecule has 180 valence electrons. The summed E-state index contributed by atoms with van der Waals surface area (Å²) in [6.45, 7) is 10.5. The van der Waals surface area contributed by atoms with Crippen LogP contribution in [0.15, 0.2) is 90.7 Å². The Bertz CT molecular complexity index is 1010. The lowest BCUT2D eigenvalue weighted by molar-refractivity contribution is 0.264. The molecule has 1 aliphatic rings. The van der Waals surface area contributed by atoms with Crippen LogP contribution in [-0.4, -0.2) is 41.4 Å². The third-order valence-corrected chi connectivity index (χ3v) is 6.72. The van der Waals surface area contributed by atoms with Crippen molar-refractivity contribution in [3.8, 4) is 0 Å². The number of allylic oxidation sites excluding steroid dienone is 6. The summed E-state index contributed by atoms with van der Waals surface area (Å²) in [7, 11) is 0. The van der Waals surface area contributed by atoms with Gasteiger partial charge in [-0.3, -0.25) is 0 Å². The fourth-order valence-corrected chi connectivity index (χ4v) is 4.84. The average Bonchev–Trinajstić information content (AvgIpc) is 2.88. The van der Waals surface area contributed by atoms with E-state index < -0.39 is 0 Å². The standard InChI is InChI=1S/C31H39NO2/c1-4-25(12-8-22-33)31(30(13-9-23-34)28-10-6-5-7-11-28)29-16-14-26(15-17-29)27-18-20-32(21-19-27)24(2)3/h4-8,10-12,14-17,27,33-34H,2,9,13,18-23H2,1,3H3/b12-8-,25-4+,31-30?. The van der Waals surface area contributed by atoms with Crippen LogP contribution in [-0.2, 0) is 0 Å². The Kier molecular flexibility index (Phi) is 9.93. The Hall–Kier alpha value is -2.88. The number of piperidine rings is 1. The van der Waals surface area contributed by atoms with Gasteiger partial charge in [0, 0.05) is 25.4 Å². The normalized spacial score (nSPS) is 16.1. The Morgan fingerprint density at radius 3 is 2.24 bits per heavy atom. The first kappa shape index (κ1) is 25.7. The van der Waals surface area contributed by atoms with Crippen LogP contribution in [0.2, 0.25) is 0 Å². The van der Waals surface area contributed by atoms with Gasteiger partial charge in [-0.05, 0) is 78.9 Å². The molecule has 0 saturated carbocycles. The van der Waals surface area contributed by atoms with Crippen LogP contribution in [0.3, 0.4) is 0 Å². The number of nitrogens with zero attached hydrogens (tertiary/aromatic N) is 1. The Balaban J connectivity index is 2.02. The second kappa shape index (κ2) is 13.1. The molecule has 0 radical (unpaired) electrons. The third-order valence-electron chi connectivity index (χ3n) is 6.72. The summed E-state index contributed by atoms with van der Waals surface area (Å²) in [6.07, 6.45) is 9.67. The van der Waals surface area contributed by atoms with Crippen molar-refractivity contribution < 1.29 is 10.2 Å². The van der Waals surface area contributed by atoms with Gasteiger partial charge in [-0.1, -0.05) is 79.4 Å². The van der Waals surface area contributed by atoms with Crippen molar-refractivity contribution in [1.29, 1.82) is 0 Å². The molecular weight excluding hydrogens is 418 g/mol. The first-order valence-electron chi connectivity index (χ1n) is 12.4. The van der Waals surface area contributed by atoms with Crippen molar-refractivity contribution in [3.63, 3.8) is 0 Å². The zero-order valence-corrected chi connectivity index (χ0v) is 20.7. The number of aliphatic hydroxyl groups is 2. The van der Waals surface area contributed by atoms with Crippen LogP contribution in [0.1, 0.15) is 62.1 Å². The number of likely N-dealkylation sites (tertiary alicyclic amines) is 1. The summed E-state index contributed by atoms with van der Waals surface area (Å²) in [5.41, 5.74) is 8.34. The van der Waals surface area contributed by atoms with E-state index in [1.165, 1.54) is 16.7 Å². The molecule has 0 amide bonds. The summed E-state index contributed by atoms with van der Waals surface area (Å²) in [6, 6.07) is 19.5. The van der Waals surface area contributed by atoms with Gasteiger partial charge in [-0.2, -0.15) is 0 Å². The molecule has 1 heterocycles. The van der Waals surface area contributed by atoms with Gasteiger partial charge in [0.1, 0.15) is 0 Å². The number of rotatable bonds is 10. The van der Waals surface area contributed by atoms with Gasteiger partial charge in [-0.15, -0.1) is 0 Å². The van der Waals surface area contributed by atoms with Gasteiger partial charge in [0.2, 0.25) is 0 Å². The molecule has 34 heavy (non-hydrogen) atoms. The van der Waals surface area contributed by atoms with Gasteiger partial charge >= 0.3 is 0 Å². The SMILES string of the molecule is C=C(C)N1CCC(c2ccc(C(=C(CCCO)c3ccccc3)C(/C=C\CO)=C/C)cc2)CC1.